The molecule has 0 bridgehead atoms. The van der Waals surface area contributed by atoms with E-state index in [1.165, 1.54) is 12.3 Å². The quantitative estimate of drug-likeness (QED) is 0.797. The molecular formula is C21H26FN3O3. The summed E-state index contributed by atoms with van der Waals surface area (Å²) in [6.45, 7) is 6.66. The Morgan fingerprint density at radius 1 is 1.32 bits per heavy atom. The van der Waals surface area contributed by atoms with Gasteiger partial charge in [0.15, 0.2) is 0 Å². The van der Waals surface area contributed by atoms with Crippen molar-refractivity contribution in [2.45, 2.75) is 45.2 Å². The van der Waals surface area contributed by atoms with Gasteiger partial charge in [-0.05, 0) is 43.9 Å². The summed E-state index contributed by atoms with van der Waals surface area (Å²) in [5.41, 5.74) is 0.201. The van der Waals surface area contributed by atoms with E-state index < -0.39 is 17.2 Å². The molecule has 1 aliphatic heterocycles. The molecule has 2 aromatic rings. The topological polar surface area (TPSA) is 74.6 Å². The van der Waals surface area contributed by atoms with Crippen molar-refractivity contribution in [2.75, 3.05) is 24.5 Å². The number of carbonyl (C=O) groups is 1. The Balaban J connectivity index is 1.72. The first-order chi connectivity index (χ1) is 13.3. The molecule has 2 aliphatic rings. The fourth-order valence-electron chi connectivity index (χ4n) is 4.03. The highest BCUT2D eigenvalue weighted by molar-refractivity contribution is 5.93. The van der Waals surface area contributed by atoms with E-state index in [2.05, 4.69) is 19.2 Å². The monoisotopic (exact) mass is 387 g/mol. The van der Waals surface area contributed by atoms with E-state index >= 15 is 0 Å². The molecule has 1 saturated carbocycles. The molecule has 150 valence electrons. The maximum absolute atomic E-state index is 14.9. The Labute approximate surface area is 163 Å². The molecule has 2 N–H and O–H groups in total. The number of pyridine rings is 1. The van der Waals surface area contributed by atoms with Crippen LogP contribution >= 0.6 is 0 Å². The van der Waals surface area contributed by atoms with E-state index in [4.69, 9.17) is 0 Å². The molecule has 6 nitrogen and oxygen atoms in total. The lowest BCUT2D eigenvalue weighted by molar-refractivity contribution is 0.0695. The number of benzene rings is 1. The average Bonchev–Trinajstić information content (AvgIpc) is 3.37. The smallest absolute Gasteiger partial charge is 0.341 e. The highest BCUT2D eigenvalue weighted by atomic mass is 19.1. The standard InChI is InChI=1S/C21H26FN3O3/c1-12(2)23-9-13-5-6-24(10-13)19-8-18-15(7-17(19)22)20(26)16(21(27)28)11-25(18)14-3-4-14/h7-8,11-14,23H,3-6,9-10H2,1-2H3,(H,27,28)/t13-/m1/s1. The number of aromatic carboxylic acids is 1. The predicted molar refractivity (Wildman–Crippen MR) is 107 cm³/mol. The number of carboxylic acids is 1. The highest BCUT2D eigenvalue weighted by Crippen LogP contribution is 2.38. The number of hydrogen-bond acceptors (Lipinski definition) is 4. The van der Waals surface area contributed by atoms with E-state index in [9.17, 15) is 19.1 Å². The molecule has 2 fully saturated rings. The SMILES string of the molecule is CC(C)NC[C@H]1CCN(c2cc3c(cc2F)c(=O)c(C(=O)O)cn3C2CC2)C1. The molecule has 1 aliphatic carbocycles. The number of nitrogens with one attached hydrogen (secondary N) is 1. The van der Waals surface area contributed by atoms with E-state index in [-0.39, 0.29) is 17.0 Å². The van der Waals surface area contributed by atoms with Crippen molar-refractivity contribution in [1.29, 1.82) is 0 Å². The zero-order valence-electron chi connectivity index (χ0n) is 16.2. The molecule has 1 aromatic carbocycles. The van der Waals surface area contributed by atoms with Gasteiger partial charge in [-0.15, -0.1) is 0 Å². The van der Waals surface area contributed by atoms with Crippen LogP contribution in [0.2, 0.25) is 0 Å². The Bertz CT molecular complexity index is 981. The third-order valence-electron chi connectivity index (χ3n) is 5.71. The van der Waals surface area contributed by atoms with Crippen molar-refractivity contribution in [2.24, 2.45) is 5.92 Å². The van der Waals surface area contributed by atoms with Gasteiger partial charge in [0.1, 0.15) is 11.4 Å². The minimum atomic E-state index is -1.27. The van der Waals surface area contributed by atoms with E-state index in [0.29, 0.717) is 23.2 Å². The summed E-state index contributed by atoms with van der Waals surface area (Å²) in [6.07, 6.45) is 4.29. The lowest BCUT2D eigenvalue weighted by Gasteiger charge is -2.22. The largest absolute Gasteiger partial charge is 0.477 e. The van der Waals surface area contributed by atoms with Gasteiger partial charge < -0.3 is 19.9 Å². The summed E-state index contributed by atoms with van der Waals surface area (Å²) in [4.78, 5) is 26.1. The first kappa shape index (κ1) is 18.9. The number of anilines is 1. The van der Waals surface area contributed by atoms with E-state index in [1.54, 1.807) is 6.07 Å². The molecular weight excluding hydrogens is 361 g/mol. The molecule has 28 heavy (non-hydrogen) atoms. The third-order valence-corrected chi connectivity index (χ3v) is 5.71. The van der Waals surface area contributed by atoms with Gasteiger partial charge >= 0.3 is 5.97 Å². The van der Waals surface area contributed by atoms with Crippen molar-refractivity contribution in [3.05, 3.63) is 39.9 Å². The van der Waals surface area contributed by atoms with Crippen LogP contribution in [0.25, 0.3) is 10.9 Å². The number of hydrogen-bond donors (Lipinski definition) is 2. The van der Waals surface area contributed by atoms with Crippen LogP contribution in [0.4, 0.5) is 10.1 Å². The summed E-state index contributed by atoms with van der Waals surface area (Å²) in [5.74, 6) is -1.28. The first-order valence-corrected chi connectivity index (χ1v) is 9.95. The van der Waals surface area contributed by atoms with Crippen LogP contribution in [-0.4, -0.2) is 41.3 Å². The molecule has 4 rings (SSSR count). The lowest BCUT2D eigenvalue weighted by atomic mass is 10.1. The first-order valence-electron chi connectivity index (χ1n) is 9.95. The number of rotatable bonds is 6. The maximum Gasteiger partial charge on any atom is 0.341 e. The van der Waals surface area contributed by atoms with Crippen LogP contribution in [0, 0.1) is 11.7 Å². The fourth-order valence-corrected chi connectivity index (χ4v) is 4.03. The van der Waals surface area contributed by atoms with Crippen LogP contribution in [0.3, 0.4) is 0 Å². The Morgan fingerprint density at radius 2 is 2.07 bits per heavy atom. The molecule has 1 atom stereocenters. The lowest BCUT2D eigenvalue weighted by Crippen LogP contribution is -2.31. The van der Waals surface area contributed by atoms with Crippen molar-refractivity contribution in [1.82, 2.24) is 9.88 Å². The zero-order valence-corrected chi connectivity index (χ0v) is 16.2. The second-order valence-electron chi connectivity index (χ2n) is 8.30. The number of aromatic nitrogens is 1. The summed E-state index contributed by atoms with van der Waals surface area (Å²) < 4.78 is 16.8. The van der Waals surface area contributed by atoms with Gasteiger partial charge in [0.05, 0.1) is 11.2 Å². The fraction of sp³-hybridized carbons (Fsp3) is 0.524. The number of halogens is 1. The number of carboxylic acid groups (broad SMARTS) is 1. The maximum atomic E-state index is 14.9. The molecule has 7 heteroatoms. The van der Waals surface area contributed by atoms with Gasteiger partial charge in [0.25, 0.3) is 0 Å². The van der Waals surface area contributed by atoms with Crippen molar-refractivity contribution in [3.8, 4) is 0 Å². The van der Waals surface area contributed by atoms with Crippen molar-refractivity contribution in [3.63, 3.8) is 0 Å². The van der Waals surface area contributed by atoms with Crippen LogP contribution in [0.1, 0.15) is 49.5 Å². The molecule has 1 saturated heterocycles. The molecule has 2 heterocycles. The van der Waals surface area contributed by atoms with Crippen LogP contribution < -0.4 is 15.6 Å². The zero-order chi connectivity index (χ0) is 20.0. The van der Waals surface area contributed by atoms with Gasteiger partial charge in [-0.25, -0.2) is 9.18 Å². The van der Waals surface area contributed by atoms with Crippen LogP contribution in [-0.2, 0) is 0 Å². The van der Waals surface area contributed by atoms with Gasteiger partial charge in [-0.3, -0.25) is 4.79 Å². The van der Waals surface area contributed by atoms with Crippen LogP contribution in [0.15, 0.2) is 23.1 Å². The predicted octanol–water partition coefficient (Wildman–Crippen LogP) is 3.00. The van der Waals surface area contributed by atoms with Gasteiger partial charge in [-0.1, -0.05) is 13.8 Å². The molecule has 1 aromatic heterocycles. The van der Waals surface area contributed by atoms with Gasteiger partial charge in [0, 0.05) is 36.8 Å². The second-order valence-corrected chi connectivity index (χ2v) is 8.30. The molecule has 0 unspecified atom stereocenters. The minimum Gasteiger partial charge on any atom is -0.477 e. The average molecular weight is 387 g/mol. The highest BCUT2D eigenvalue weighted by Gasteiger charge is 2.29. The minimum absolute atomic E-state index is 0.144. The molecule has 0 amide bonds. The molecule has 0 spiro atoms. The second kappa shape index (κ2) is 7.20. The van der Waals surface area contributed by atoms with Gasteiger partial charge in [0.2, 0.25) is 5.43 Å². The Morgan fingerprint density at radius 3 is 2.71 bits per heavy atom. The summed E-state index contributed by atoms with van der Waals surface area (Å²) in [5, 5.41) is 12.9. The van der Waals surface area contributed by atoms with E-state index in [0.717, 1.165) is 38.9 Å². The van der Waals surface area contributed by atoms with Crippen molar-refractivity contribution < 1.29 is 14.3 Å². The summed E-state index contributed by atoms with van der Waals surface area (Å²) in [6, 6.07) is 3.55. The van der Waals surface area contributed by atoms with Crippen LogP contribution in [0.5, 0.6) is 0 Å². The Hall–Kier alpha value is -2.41. The molecule has 0 radical (unpaired) electrons. The number of fused-ring (bicyclic) bond motifs is 1. The summed E-state index contributed by atoms with van der Waals surface area (Å²) >= 11 is 0. The van der Waals surface area contributed by atoms with E-state index in [1.807, 2.05) is 9.47 Å². The van der Waals surface area contributed by atoms with Crippen molar-refractivity contribution >= 4 is 22.6 Å². The summed E-state index contributed by atoms with van der Waals surface area (Å²) in [7, 11) is 0. The number of nitrogens with zero attached hydrogens (tertiary/aromatic N) is 2. The van der Waals surface area contributed by atoms with Gasteiger partial charge in [-0.2, -0.15) is 0 Å². The Kier molecular flexibility index (Phi) is 4.87. The third kappa shape index (κ3) is 3.51. The normalized spacial score (nSPS) is 19.7.